The molecule has 4 rings (SSSR count). The molecule has 1 amide bonds. The van der Waals surface area contributed by atoms with Crippen molar-refractivity contribution in [2.45, 2.75) is 25.9 Å². The van der Waals surface area contributed by atoms with Gasteiger partial charge in [0.1, 0.15) is 12.4 Å². The van der Waals surface area contributed by atoms with Crippen molar-refractivity contribution in [1.82, 2.24) is 9.88 Å². The molecular formula is C25H26N2O2. The molecule has 0 saturated carbocycles. The van der Waals surface area contributed by atoms with Crippen molar-refractivity contribution in [2.24, 2.45) is 5.92 Å². The Morgan fingerprint density at radius 2 is 1.66 bits per heavy atom. The van der Waals surface area contributed by atoms with Crippen LogP contribution in [-0.4, -0.2) is 28.9 Å². The van der Waals surface area contributed by atoms with Crippen LogP contribution in [0.3, 0.4) is 0 Å². The van der Waals surface area contributed by atoms with Crippen molar-refractivity contribution in [1.29, 1.82) is 0 Å². The molecule has 1 fully saturated rings. The summed E-state index contributed by atoms with van der Waals surface area (Å²) in [5.41, 5.74) is 3.13. The third-order valence-corrected chi connectivity index (χ3v) is 5.50. The lowest BCUT2D eigenvalue weighted by Gasteiger charge is -2.32. The molecule has 0 bridgehead atoms. The van der Waals surface area contributed by atoms with Gasteiger partial charge in [0.05, 0.1) is 0 Å². The number of hydrogen-bond donors (Lipinski definition) is 0. The summed E-state index contributed by atoms with van der Waals surface area (Å²) in [7, 11) is 0. The fourth-order valence-electron chi connectivity index (χ4n) is 3.81. The van der Waals surface area contributed by atoms with E-state index in [4.69, 9.17) is 4.74 Å². The highest BCUT2D eigenvalue weighted by Crippen LogP contribution is 2.23. The monoisotopic (exact) mass is 386 g/mol. The Kier molecular flexibility index (Phi) is 6.20. The number of likely N-dealkylation sites (tertiary alicyclic amines) is 1. The number of pyridine rings is 1. The van der Waals surface area contributed by atoms with Crippen LogP contribution >= 0.6 is 0 Å². The van der Waals surface area contributed by atoms with Crippen molar-refractivity contribution >= 4 is 5.91 Å². The molecule has 1 saturated heterocycles. The van der Waals surface area contributed by atoms with Crippen LogP contribution < -0.4 is 4.74 Å². The van der Waals surface area contributed by atoms with E-state index in [2.05, 4.69) is 35.3 Å². The fraction of sp³-hybridized carbons (Fsp3) is 0.280. The molecule has 0 aliphatic carbocycles. The highest BCUT2D eigenvalue weighted by atomic mass is 16.5. The van der Waals surface area contributed by atoms with Crippen LogP contribution in [0.5, 0.6) is 5.75 Å². The summed E-state index contributed by atoms with van der Waals surface area (Å²) in [5, 5.41) is 0. The number of carbonyl (C=O) groups excluding carboxylic acids is 1. The molecule has 29 heavy (non-hydrogen) atoms. The van der Waals surface area contributed by atoms with E-state index in [0.717, 1.165) is 49.2 Å². The van der Waals surface area contributed by atoms with Crippen LogP contribution in [0.25, 0.3) is 0 Å². The first-order chi connectivity index (χ1) is 14.3. The number of ether oxygens (including phenoxy) is 1. The topological polar surface area (TPSA) is 42.4 Å². The van der Waals surface area contributed by atoms with Crippen molar-refractivity contribution < 1.29 is 9.53 Å². The number of benzene rings is 2. The molecule has 0 unspecified atom stereocenters. The molecule has 1 aliphatic rings. The minimum Gasteiger partial charge on any atom is -0.489 e. The quantitative estimate of drug-likeness (QED) is 0.614. The zero-order valence-corrected chi connectivity index (χ0v) is 16.5. The van der Waals surface area contributed by atoms with E-state index in [-0.39, 0.29) is 5.91 Å². The Bertz CT molecular complexity index is 903. The summed E-state index contributed by atoms with van der Waals surface area (Å²) in [4.78, 5) is 18.9. The first kappa shape index (κ1) is 19.2. The average Bonchev–Trinajstić information content (AvgIpc) is 2.79. The predicted molar refractivity (Wildman–Crippen MR) is 114 cm³/mol. The van der Waals surface area contributed by atoms with Gasteiger partial charge in [-0.25, -0.2) is 0 Å². The molecule has 0 atom stereocenters. The molecule has 0 radical (unpaired) electrons. The van der Waals surface area contributed by atoms with Crippen molar-refractivity contribution in [3.8, 4) is 5.75 Å². The molecular weight excluding hydrogens is 360 g/mol. The van der Waals surface area contributed by atoms with Gasteiger partial charge in [0.15, 0.2) is 0 Å². The number of amides is 1. The maximum Gasteiger partial charge on any atom is 0.253 e. The first-order valence-electron chi connectivity index (χ1n) is 10.2. The third kappa shape index (κ3) is 5.23. The molecule has 0 N–H and O–H groups in total. The van der Waals surface area contributed by atoms with E-state index in [1.165, 1.54) is 5.56 Å². The lowest BCUT2D eigenvalue weighted by molar-refractivity contribution is 0.0690. The minimum absolute atomic E-state index is 0.113. The Morgan fingerprint density at radius 1 is 0.931 bits per heavy atom. The van der Waals surface area contributed by atoms with Gasteiger partial charge >= 0.3 is 0 Å². The molecule has 148 valence electrons. The molecule has 2 heterocycles. The average molecular weight is 386 g/mol. The summed E-state index contributed by atoms with van der Waals surface area (Å²) in [5.74, 6) is 1.53. The van der Waals surface area contributed by atoms with Crippen LogP contribution in [0.15, 0.2) is 79.1 Å². The van der Waals surface area contributed by atoms with Crippen molar-refractivity contribution in [3.63, 3.8) is 0 Å². The number of piperidine rings is 1. The van der Waals surface area contributed by atoms with Gasteiger partial charge in [-0.1, -0.05) is 36.4 Å². The number of hydrogen-bond acceptors (Lipinski definition) is 3. The van der Waals surface area contributed by atoms with Crippen molar-refractivity contribution in [2.75, 3.05) is 13.1 Å². The first-order valence-corrected chi connectivity index (χ1v) is 10.2. The standard InChI is InChI=1S/C25H26N2O2/c28-25(27-15-12-21(13-16-27)17-20-5-2-1-3-6-20)23-8-10-24(11-9-23)29-19-22-7-4-14-26-18-22/h1-11,14,18,21H,12-13,15-17,19H2. The summed E-state index contributed by atoms with van der Waals surface area (Å²) in [6.45, 7) is 2.13. The number of aromatic nitrogens is 1. The second-order valence-corrected chi connectivity index (χ2v) is 7.60. The number of rotatable bonds is 6. The van der Waals surface area contributed by atoms with Gasteiger partial charge in [0, 0.05) is 36.6 Å². The summed E-state index contributed by atoms with van der Waals surface area (Å²) >= 11 is 0. The van der Waals surface area contributed by atoms with Crippen LogP contribution in [0.2, 0.25) is 0 Å². The summed E-state index contributed by atoms with van der Waals surface area (Å²) in [6, 6.07) is 21.9. The maximum absolute atomic E-state index is 12.8. The SMILES string of the molecule is O=C(c1ccc(OCc2cccnc2)cc1)N1CCC(Cc2ccccc2)CC1. The summed E-state index contributed by atoms with van der Waals surface area (Å²) < 4.78 is 5.78. The lowest BCUT2D eigenvalue weighted by atomic mass is 9.90. The fourth-order valence-corrected chi connectivity index (χ4v) is 3.81. The second kappa shape index (κ2) is 9.37. The highest BCUT2D eigenvalue weighted by Gasteiger charge is 2.23. The van der Waals surface area contributed by atoms with Gasteiger partial charge in [-0.2, -0.15) is 0 Å². The molecule has 4 nitrogen and oxygen atoms in total. The van der Waals surface area contributed by atoms with E-state index in [9.17, 15) is 4.79 Å². The van der Waals surface area contributed by atoms with Gasteiger partial charge in [-0.05, 0) is 61.1 Å². The van der Waals surface area contributed by atoms with Crippen LogP contribution in [0, 0.1) is 5.92 Å². The van der Waals surface area contributed by atoms with E-state index >= 15 is 0 Å². The van der Waals surface area contributed by atoms with Crippen LogP contribution in [0.1, 0.15) is 34.3 Å². The summed E-state index contributed by atoms with van der Waals surface area (Å²) in [6.07, 6.45) is 6.76. The maximum atomic E-state index is 12.8. The van der Waals surface area contributed by atoms with Crippen LogP contribution in [-0.2, 0) is 13.0 Å². The minimum atomic E-state index is 0.113. The van der Waals surface area contributed by atoms with Gasteiger partial charge < -0.3 is 9.64 Å². The van der Waals surface area contributed by atoms with E-state index in [1.807, 2.05) is 41.3 Å². The van der Waals surface area contributed by atoms with Gasteiger partial charge in [-0.3, -0.25) is 9.78 Å². The normalized spacial score (nSPS) is 14.6. The Hall–Kier alpha value is -3.14. The van der Waals surface area contributed by atoms with E-state index in [1.54, 1.807) is 12.4 Å². The molecule has 4 heteroatoms. The van der Waals surface area contributed by atoms with Gasteiger partial charge in [0.25, 0.3) is 5.91 Å². The highest BCUT2D eigenvalue weighted by molar-refractivity contribution is 5.94. The molecule has 1 aliphatic heterocycles. The predicted octanol–water partition coefficient (Wildman–Crippen LogP) is 4.76. The zero-order valence-electron chi connectivity index (χ0n) is 16.5. The Balaban J connectivity index is 1.27. The lowest BCUT2D eigenvalue weighted by Crippen LogP contribution is -2.38. The number of nitrogens with zero attached hydrogens (tertiary/aromatic N) is 2. The van der Waals surface area contributed by atoms with Gasteiger partial charge in [-0.15, -0.1) is 0 Å². The second-order valence-electron chi connectivity index (χ2n) is 7.60. The van der Waals surface area contributed by atoms with Crippen molar-refractivity contribution in [3.05, 3.63) is 95.8 Å². The van der Waals surface area contributed by atoms with Crippen LogP contribution in [0.4, 0.5) is 0 Å². The smallest absolute Gasteiger partial charge is 0.253 e. The van der Waals surface area contributed by atoms with Gasteiger partial charge in [0.2, 0.25) is 0 Å². The Labute approximate surface area is 172 Å². The molecule has 2 aromatic carbocycles. The largest absolute Gasteiger partial charge is 0.489 e. The van der Waals surface area contributed by atoms with E-state index in [0.29, 0.717) is 12.5 Å². The third-order valence-electron chi connectivity index (χ3n) is 5.50. The molecule has 0 spiro atoms. The zero-order chi connectivity index (χ0) is 19.9. The van der Waals surface area contributed by atoms with E-state index < -0.39 is 0 Å². The molecule has 1 aromatic heterocycles. The Morgan fingerprint density at radius 3 is 2.34 bits per heavy atom. The number of carbonyl (C=O) groups is 1. The molecule has 3 aromatic rings.